The summed E-state index contributed by atoms with van der Waals surface area (Å²) in [7, 11) is 0. The van der Waals surface area contributed by atoms with E-state index in [1.165, 1.54) is 0 Å². The molecule has 18 nitrogen and oxygen atoms in total. The molecule has 18 heteroatoms. The van der Waals surface area contributed by atoms with Crippen molar-refractivity contribution >= 4 is 0 Å². The molecule has 0 spiro atoms. The molecule has 0 radical (unpaired) electrons. The first-order chi connectivity index (χ1) is 17.6. The predicted octanol–water partition coefficient (Wildman–Crippen LogP) is -8.60. The summed E-state index contributed by atoms with van der Waals surface area (Å²) in [6.45, 7) is -1.92. The van der Waals surface area contributed by atoms with Crippen LogP contribution in [0.3, 0.4) is 0 Å². The van der Waals surface area contributed by atoms with Crippen LogP contribution in [0, 0.1) is 0 Å². The minimum atomic E-state index is -2.90. The molecule has 16 N–H and O–H groups in total. The fourth-order valence-corrected chi connectivity index (χ4v) is 4.75. The molecule has 3 rings (SSSR count). The van der Waals surface area contributed by atoms with Gasteiger partial charge in [-0.1, -0.05) is 0 Å². The van der Waals surface area contributed by atoms with E-state index < -0.39 is 117 Å². The highest BCUT2D eigenvalue weighted by molar-refractivity contribution is 5.07. The molecule has 0 aromatic rings. The Morgan fingerprint density at radius 3 is 1.71 bits per heavy atom. The van der Waals surface area contributed by atoms with Crippen molar-refractivity contribution in [2.45, 2.75) is 104 Å². The van der Waals surface area contributed by atoms with Crippen LogP contribution in [0.15, 0.2) is 0 Å². The predicted molar refractivity (Wildman–Crippen MR) is 119 cm³/mol. The Hall–Kier alpha value is -0.720. The number of ether oxygens (including phenoxy) is 5. The second kappa shape index (κ2) is 12.0. The number of nitrogens with two attached hydrogens (primary N) is 3. The maximum atomic E-state index is 10.9. The van der Waals surface area contributed by atoms with E-state index >= 15 is 0 Å². The number of hydrogen-bond donors (Lipinski definition) is 13. The summed E-state index contributed by atoms with van der Waals surface area (Å²) in [5.74, 6) is -2.90. The van der Waals surface area contributed by atoms with E-state index in [0.29, 0.717) is 0 Å². The van der Waals surface area contributed by atoms with Crippen LogP contribution in [0.4, 0.5) is 0 Å². The first-order valence-electron chi connectivity index (χ1n) is 11.9. The highest BCUT2D eigenvalue weighted by Crippen LogP contribution is 2.38. The molecule has 0 aromatic carbocycles. The van der Waals surface area contributed by atoms with Crippen molar-refractivity contribution in [2.24, 2.45) is 17.2 Å². The summed E-state index contributed by atoms with van der Waals surface area (Å²) in [5.41, 5.74) is 15.1. The maximum Gasteiger partial charge on any atom is 0.194 e. The lowest BCUT2D eigenvalue weighted by molar-refractivity contribution is -0.404. The lowest BCUT2D eigenvalue weighted by Crippen LogP contribution is -2.76. The molecule has 3 heterocycles. The van der Waals surface area contributed by atoms with Gasteiger partial charge in [0.2, 0.25) is 0 Å². The SMILES string of the molecule is CC(O)(O)[C@]1(CO)O[C@H](OC2[C@@H](CO)O[C@@H](OC3[C@@H](CO)O[C@@H](O)[C@H](N)[C@H]3O)[C@H](N)[C@H]2O)[C@H](N)[C@@H](O)[C@@H]1O. The number of hydrogen-bond acceptors (Lipinski definition) is 18. The van der Waals surface area contributed by atoms with Crippen molar-refractivity contribution in [1.29, 1.82) is 0 Å². The number of rotatable bonds is 8. The summed E-state index contributed by atoms with van der Waals surface area (Å²) in [5, 5.41) is 102. The minimum absolute atomic E-state index is 0.697. The van der Waals surface area contributed by atoms with Crippen molar-refractivity contribution in [3.63, 3.8) is 0 Å². The lowest BCUT2D eigenvalue weighted by Gasteiger charge is -2.53. The Balaban J connectivity index is 1.80. The van der Waals surface area contributed by atoms with E-state index in [4.69, 9.17) is 40.9 Å². The maximum absolute atomic E-state index is 10.9. The van der Waals surface area contributed by atoms with Gasteiger partial charge < -0.3 is 92.0 Å². The smallest absolute Gasteiger partial charge is 0.194 e. The van der Waals surface area contributed by atoms with Gasteiger partial charge in [0.25, 0.3) is 0 Å². The summed E-state index contributed by atoms with van der Waals surface area (Å²) >= 11 is 0. The molecular weight excluding hydrogens is 522 g/mol. The number of aliphatic hydroxyl groups excluding tert-OH is 8. The van der Waals surface area contributed by atoms with Crippen LogP contribution < -0.4 is 17.2 Å². The summed E-state index contributed by atoms with van der Waals surface area (Å²) < 4.78 is 27.5. The molecule has 224 valence electrons. The molecule has 2 unspecified atom stereocenters. The third kappa shape index (κ3) is 5.57. The summed E-state index contributed by atoms with van der Waals surface area (Å²) in [4.78, 5) is 0. The van der Waals surface area contributed by atoms with Crippen LogP contribution >= 0.6 is 0 Å². The largest absolute Gasteiger partial charge is 0.394 e. The van der Waals surface area contributed by atoms with Crippen LogP contribution in [0.2, 0.25) is 0 Å². The standard InChI is InChI=1S/C20H39N3O15/c1-19(32,33)20(4-26)15(30)12(29)9(23)18(38-20)37-14-6(3-25)35-17(8(22)11(14)28)36-13-5(2-24)34-16(31)7(21)10(13)27/h5-18,24-33H,2-4,21-23H2,1H3/t5-,6-,7-,8-,9-,10-,11-,12-,13?,14?,15+,16-,17+,18+,20-/m1/s1. The fourth-order valence-electron chi connectivity index (χ4n) is 4.75. The highest BCUT2D eigenvalue weighted by atomic mass is 16.7. The molecule has 0 saturated carbocycles. The normalized spacial score (nSPS) is 50.7. The zero-order valence-corrected chi connectivity index (χ0v) is 20.4. The third-order valence-corrected chi connectivity index (χ3v) is 7.28. The highest BCUT2D eigenvalue weighted by Gasteiger charge is 2.62. The van der Waals surface area contributed by atoms with Gasteiger partial charge in [-0.05, 0) is 6.92 Å². The van der Waals surface area contributed by atoms with E-state index in [1.54, 1.807) is 0 Å². The molecule has 3 saturated heterocycles. The molecule has 15 atom stereocenters. The molecule has 0 amide bonds. The van der Waals surface area contributed by atoms with Crippen LogP contribution in [0.5, 0.6) is 0 Å². The van der Waals surface area contributed by atoms with Gasteiger partial charge in [0, 0.05) is 0 Å². The van der Waals surface area contributed by atoms with E-state index in [-0.39, 0.29) is 0 Å². The zero-order chi connectivity index (χ0) is 28.7. The van der Waals surface area contributed by atoms with Crippen LogP contribution in [-0.4, -0.2) is 168 Å². The molecular formula is C20H39N3O15. The van der Waals surface area contributed by atoms with Gasteiger partial charge >= 0.3 is 0 Å². The van der Waals surface area contributed by atoms with E-state index in [2.05, 4.69) is 0 Å². The van der Waals surface area contributed by atoms with Gasteiger partial charge in [-0.3, -0.25) is 0 Å². The second-order valence-corrected chi connectivity index (χ2v) is 9.88. The molecule has 0 aromatic heterocycles. The van der Waals surface area contributed by atoms with Crippen molar-refractivity contribution < 1.29 is 74.7 Å². The first-order valence-corrected chi connectivity index (χ1v) is 11.9. The summed E-state index contributed by atoms with van der Waals surface area (Å²) in [6.07, 6.45) is -17.8. The van der Waals surface area contributed by atoms with Gasteiger partial charge in [0.05, 0.1) is 37.9 Å². The number of aliphatic hydroxyl groups is 10. The van der Waals surface area contributed by atoms with Gasteiger partial charge in [0.15, 0.2) is 30.3 Å². The van der Waals surface area contributed by atoms with E-state index in [9.17, 15) is 51.1 Å². The average molecular weight is 562 g/mol. The molecule has 0 aliphatic carbocycles. The minimum Gasteiger partial charge on any atom is -0.394 e. The molecule has 3 fully saturated rings. The third-order valence-electron chi connectivity index (χ3n) is 7.28. The van der Waals surface area contributed by atoms with Crippen molar-refractivity contribution in [1.82, 2.24) is 0 Å². The zero-order valence-electron chi connectivity index (χ0n) is 20.4. The van der Waals surface area contributed by atoms with Gasteiger partial charge in [-0.2, -0.15) is 0 Å². The van der Waals surface area contributed by atoms with Gasteiger partial charge in [-0.25, -0.2) is 0 Å². The average Bonchev–Trinajstić information content (AvgIpc) is 2.87. The van der Waals surface area contributed by atoms with Crippen LogP contribution in [0.1, 0.15) is 6.92 Å². The molecule has 3 aliphatic rings. The Labute approximate surface area is 216 Å². The lowest BCUT2D eigenvalue weighted by atomic mass is 9.80. The van der Waals surface area contributed by atoms with Gasteiger partial charge in [-0.15, -0.1) is 0 Å². The fraction of sp³-hybridized carbons (Fsp3) is 1.00. The molecule has 3 aliphatic heterocycles. The second-order valence-electron chi connectivity index (χ2n) is 9.88. The first kappa shape index (κ1) is 31.8. The topological polar surface area (TPSA) is 327 Å². The van der Waals surface area contributed by atoms with Gasteiger partial charge in [0.1, 0.15) is 48.8 Å². The van der Waals surface area contributed by atoms with Crippen LogP contribution in [-0.2, 0) is 23.7 Å². The quantitative estimate of drug-likeness (QED) is 0.122. The Kier molecular flexibility index (Phi) is 10.1. The Morgan fingerprint density at radius 1 is 0.737 bits per heavy atom. The Morgan fingerprint density at radius 2 is 1.21 bits per heavy atom. The summed E-state index contributed by atoms with van der Waals surface area (Å²) in [6, 6.07) is -4.31. The van der Waals surface area contributed by atoms with Crippen LogP contribution in [0.25, 0.3) is 0 Å². The van der Waals surface area contributed by atoms with E-state index in [1.807, 2.05) is 0 Å². The van der Waals surface area contributed by atoms with Crippen molar-refractivity contribution in [2.75, 3.05) is 19.8 Å². The molecule has 0 bridgehead atoms. The van der Waals surface area contributed by atoms with Crippen molar-refractivity contribution in [3.8, 4) is 0 Å². The molecule has 38 heavy (non-hydrogen) atoms. The van der Waals surface area contributed by atoms with Crippen molar-refractivity contribution in [3.05, 3.63) is 0 Å². The van der Waals surface area contributed by atoms with E-state index in [0.717, 1.165) is 6.92 Å². The Bertz CT molecular complexity index is 774. The monoisotopic (exact) mass is 561 g/mol.